The molecule has 0 aliphatic heterocycles. The van der Waals surface area contributed by atoms with Gasteiger partial charge in [0.2, 0.25) is 0 Å². The molecule has 2 heteroatoms. The monoisotopic (exact) mass is 191 g/mol. The summed E-state index contributed by atoms with van der Waals surface area (Å²) >= 11 is 0. The van der Waals surface area contributed by atoms with Gasteiger partial charge >= 0.3 is 0 Å². The molecule has 2 atom stereocenters. The minimum Gasteiger partial charge on any atom is -0.496 e. The number of hydrogen-bond donors (Lipinski definition) is 1. The van der Waals surface area contributed by atoms with E-state index in [0.717, 1.165) is 18.6 Å². The minimum atomic E-state index is 0.300. The van der Waals surface area contributed by atoms with Crippen LogP contribution in [-0.2, 0) is 6.42 Å². The third-order valence-corrected chi connectivity index (χ3v) is 3.21. The van der Waals surface area contributed by atoms with Crippen LogP contribution in [0.15, 0.2) is 24.3 Å². The van der Waals surface area contributed by atoms with Gasteiger partial charge in [0.25, 0.3) is 0 Å². The third kappa shape index (κ3) is 1.62. The van der Waals surface area contributed by atoms with Gasteiger partial charge in [-0.1, -0.05) is 25.1 Å². The number of para-hydroxylation sites is 1. The van der Waals surface area contributed by atoms with Crippen LogP contribution in [0.5, 0.6) is 5.75 Å². The van der Waals surface area contributed by atoms with Crippen molar-refractivity contribution in [2.45, 2.75) is 25.8 Å². The average Bonchev–Trinajstić information content (AvgIpc) is 2.75. The Bertz CT molecular complexity index is 337. The van der Waals surface area contributed by atoms with Crippen molar-refractivity contribution in [3.05, 3.63) is 29.8 Å². The van der Waals surface area contributed by atoms with E-state index in [2.05, 4.69) is 19.1 Å². The summed E-state index contributed by atoms with van der Waals surface area (Å²) in [5.41, 5.74) is 7.47. The summed E-state index contributed by atoms with van der Waals surface area (Å²) in [7, 11) is 1.72. The number of ether oxygens (including phenoxy) is 1. The van der Waals surface area contributed by atoms with E-state index in [-0.39, 0.29) is 0 Å². The fraction of sp³-hybridized carbons (Fsp3) is 0.500. The number of methoxy groups -OCH3 is 1. The van der Waals surface area contributed by atoms with Crippen molar-refractivity contribution >= 4 is 0 Å². The smallest absolute Gasteiger partial charge is 0.122 e. The molecule has 1 aromatic carbocycles. The lowest BCUT2D eigenvalue weighted by Crippen LogP contribution is -2.13. The van der Waals surface area contributed by atoms with Crippen molar-refractivity contribution in [3.63, 3.8) is 0 Å². The summed E-state index contributed by atoms with van der Waals surface area (Å²) in [4.78, 5) is 0. The Hall–Kier alpha value is -1.02. The molecule has 0 heterocycles. The van der Waals surface area contributed by atoms with Crippen LogP contribution in [-0.4, -0.2) is 13.2 Å². The van der Waals surface area contributed by atoms with Crippen LogP contribution in [0.25, 0.3) is 0 Å². The highest BCUT2D eigenvalue weighted by atomic mass is 16.5. The maximum absolute atomic E-state index is 5.90. The zero-order valence-corrected chi connectivity index (χ0v) is 8.79. The second-order valence-corrected chi connectivity index (χ2v) is 4.45. The lowest BCUT2D eigenvalue weighted by molar-refractivity contribution is 0.403. The topological polar surface area (TPSA) is 35.2 Å². The van der Waals surface area contributed by atoms with E-state index in [1.165, 1.54) is 5.56 Å². The van der Waals surface area contributed by atoms with Crippen molar-refractivity contribution in [3.8, 4) is 5.75 Å². The molecule has 0 aromatic heterocycles. The Morgan fingerprint density at radius 2 is 2.14 bits per heavy atom. The first-order valence-corrected chi connectivity index (χ1v) is 5.03. The summed E-state index contributed by atoms with van der Waals surface area (Å²) in [5, 5.41) is 0. The van der Waals surface area contributed by atoms with Gasteiger partial charge in [-0.2, -0.15) is 0 Å². The van der Waals surface area contributed by atoms with Crippen LogP contribution < -0.4 is 10.5 Å². The van der Waals surface area contributed by atoms with Gasteiger partial charge in [0, 0.05) is 6.04 Å². The van der Waals surface area contributed by atoms with Crippen molar-refractivity contribution < 1.29 is 4.74 Å². The standard InChI is InChI=1S/C12H17NO/c1-12(8-11(12)13)7-9-5-3-4-6-10(9)14-2/h3-6,11H,7-8,13H2,1-2H3. The quantitative estimate of drug-likeness (QED) is 0.792. The second-order valence-electron chi connectivity index (χ2n) is 4.45. The van der Waals surface area contributed by atoms with Crippen LogP contribution in [0.3, 0.4) is 0 Å². The zero-order chi connectivity index (χ0) is 10.2. The first kappa shape index (κ1) is 9.53. The molecule has 2 nitrogen and oxygen atoms in total. The van der Waals surface area contributed by atoms with Crippen LogP contribution in [0.4, 0.5) is 0 Å². The molecule has 0 amide bonds. The van der Waals surface area contributed by atoms with Gasteiger partial charge in [-0.3, -0.25) is 0 Å². The molecule has 1 fully saturated rings. The Balaban J connectivity index is 2.16. The Morgan fingerprint density at radius 1 is 1.50 bits per heavy atom. The highest BCUT2D eigenvalue weighted by molar-refractivity contribution is 5.35. The fourth-order valence-corrected chi connectivity index (χ4v) is 1.93. The molecule has 2 unspecified atom stereocenters. The van der Waals surface area contributed by atoms with Gasteiger partial charge in [0.05, 0.1) is 7.11 Å². The van der Waals surface area contributed by atoms with E-state index in [4.69, 9.17) is 10.5 Å². The molecule has 1 aliphatic carbocycles. The summed E-state index contributed by atoms with van der Waals surface area (Å²) in [5.74, 6) is 0.979. The van der Waals surface area contributed by atoms with Crippen LogP contribution in [0.2, 0.25) is 0 Å². The van der Waals surface area contributed by atoms with Crippen molar-refractivity contribution in [2.75, 3.05) is 7.11 Å². The number of rotatable bonds is 3. The van der Waals surface area contributed by atoms with E-state index in [1.54, 1.807) is 7.11 Å². The molecule has 2 N–H and O–H groups in total. The fourth-order valence-electron chi connectivity index (χ4n) is 1.93. The van der Waals surface area contributed by atoms with Crippen molar-refractivity contribution in [1.82, 2.24) is 0 Å². The molecule has 76 valence electrons. The highest BCUT2D eigenvalue weighted by Crippen LogP contribution is 2.47. The zero-order valence-electron chi connectivity index (χ0n) is 8.79. The van der Waals surface area contributed by atoms with E-state index >= 15 is 0 Å². The number of benzene rings is 1. The van der Waals surface area contributed by atoms with E-state index in [9.17, 15) is 0 Å². The molecule has 14 heavy (non-hydrogen) atoms. The van der Waals surface area contributed by atoms with E-state index in [1.807, 2.05) is 12.1 Å². The summed E-state index contributed by atoms with van der Waals surface area (Å²) in [6.07, 6.45) is 2.16. The normalized spacial score (nSPS) is 30.1. The van der Waals surface area contributed by atoms with Crippen LogP contribution in [0.1, 0.15) is 18.9 Å². The SMILES string of the molecule is COc1ccccc1CC1(C)CC1N. The van der Waals surface area contributed by atoms with Gasteiger partial charge in [0.1, 0.15) is 5.75 Å². The first-order valence-electron chi connectivity index (χ1n) is 5.03. The molecule has 1 aromatic rings. The van der Waals surface area contributed by atoms with Gasteiger partial charge in [-0.05, 0) is 29.9 Å². The summed E-state index contributed by atoms with van der Waals surface area (Å²) in [6, 6.07) is 8.54. The maximum atomic E-state index is 5.90. The molecular weight excluding hydrogens is 174 g/mol. The van der Waals surface area contributed by atoms with Crippen molar-refractivity contribution in [1.29, 1.82) is 0 Å². The lowest BCUT2D eigenvalue weighted by Gasteiger charge is -2.12. The Morgan fingerprint density at radius 3 is 2.71 bits per heavy atom. The van der Waals surface area contributed by atoms with E-state index in [0.29, 0.717) is 11.5 Å². The van der Waals surface area contributed by atoms with E-state index < -0.39 is 0 Å². The Kier molecular flexibility index (Phi) is 2.23. The summed E-state index contributed by atoms with van der Waals surface area (Å²) in [6.45, 7) is 2.24. The minimum absolute atomic E-state index is 0.300. The predicted octanol–water partition coefficient (Wildman–Crippen LogP) is 1.97. The summed E-state index contributed by atoms with van der Waals surface area (Å²) < 4.78 is 5.31. The largest absolute Gasteiger partial charge is 0.496 e. The molecule has 2 rings (SSSR count). The molecule has 0 saturated heterocycles. The molecular formula is C12H17NO. The lowest BCUT2D eigenvalue weighted by atomic mass is 9.97. The van der Waals surface area contributed by atoms with Gasteiger partial charge in [-0.15, -0.1) is 0 Å². The predicted molar refractivity (Wildman–Crippen MR) is 57.4 cm³/mol. The maximum Gasteiger partial charge on any atom is 0.122 e. The molecule has 1 saturated carbocycles. The highest BCUT2D eigenvalue weighted by Gasteiger charge is 2.47. The average molecular weight is 191 g/mol. The van der Waals surface area contributed by atoms with Crippen LogP contribution in [0, 0.1) is 5.41 Å². The molecule has 0 spiro atoms. The third-order valence-electron chi connectivity index (χ3n) is 3.21. The van der Waals surface area contributed by atoms with Gasteiger partial charge in [-0.25, -0.2) is 0 Å². The molecule has 1 aliphatic rings. The number of nitrogens with two attached hydrogens (primary N) is 1. The first-order chi connectivity index (χ1) is 6.65. The molecule has 0 bridgehead atoms. The second kappa shape index (κ2) is 3.28. The molecule has 0 radical (unpaired) electrons. The Labute approximate surface area is 85.1 Å². The van der Waals surface area contributed by atoms with Crippen molar-refractivity contribution in [2.24, 2.45) is 11.1 Å². The van der Waals surface area contributed by atoms with Crippen LogP contribution >= 0.6 is 0 Å². The van der Waals surface area contributed by atoms with Gasteiger partial charge < -0.3 is 10.5 Å². The van der Waals surface area contributed by atoms with Gasteiger partial charge in [0.15, 0.2) is 0 Å². The number of hydrogen-bond acceptors (Lipinski definition) is 2.